The molecule has 1 saturated heterocycles. The number of carbonyl (C=O) groups is 1. The Kier molecular flexibility index (Phi) is 4.48. The molecule has 0 radical (unpaired) electrons. The second kappa shape index (κ2) is 6.69. The zero-order chi connectivity index (χ0) is 19.2. The summed E-state index contributed by atoms with van der Waals surface area (Å²) in [7, 11) is 0. The lowest BCUT2D eigenvalue weighted by Gasteiger charge is -2.28. The minimum Gasteiger partial charge on any atom is -0.337 e. The summed E-state index contributed by atoms with van der Waals surface area (Å²) in [4.78, 5) is 19.3. The van der Waals surface area contributed by atoms with Gasteiger partial charge in [-0.1, -0.05) is 26.7 Å². The molecule has 2 aromatic rings. The van der Waals surface area contributed by atoms with Crippen LogP contribution in [0.3, 0.4) is 0 Å². The maximum absolute atomic E-state index is 14.1. The number of likely N-dealkylation sites (tertiary alicyclic amines) is 1. The minimum atomic E-state index is -0.814. The topological polar surface area (TPSA) is 61.9 Å². The largest absolute Gasteiger partial charge is 0.337 e. The smallest absolute Gasteiger partial charge is 0.256 e. The first kappa shape index (κ1) is 18.1. The van der Waals surface area contributed by atoms with Gasteiger partial charge in [0.2, 0.25) is 0 Å². The van der Waals surface area contributed by atoms with Gasteiger partial charge in [-0.25, -0.2) is 13.8 Å². The molecule has 1 aliphatic carbocycles. The van der Waals surface area contributed by atoms with Crippen LogP contribution in [0.4, 0.5) is 8.78 Å². The molecule has 7 heteroatoms. The van der Waals surface area contributed by atoms with E-state index < -0.39 is 11.6 Å². The molecule has 1 amide bonds. The van der Waals surface area contributed by atoms with Crippen LogP contribution in [0.5, 0.6) is 0 Å². The molecule has 144 valence electrons. The normalized spacial score (nSPS) is 21.5. The maximum atomic E-state index is 14.1. The van der Waals surface area contributed by atoms with E-state index in [0.717, 1.165) is 49.5 Å². The van der Waals surface area contributed by atoms with E-state index in [1.165, 1.54) is 6.07 Å². The Hall–Kier alpha value is -2.31. The monoisotopic (exact) mass is 374 g/mol. The van der Waals surface area contributed by atoms with Gasteiger partial charge in [0.1, 0.15) is 17.5 Å². The van der Waals surface area contributed by atoms with Crippen molar-refractivity contribution >= 4 is 5.91 Å². The molecule has 5 nitrogen and oxygen atoms in total. The Morgan fingerprint density at radius 3 is 2.67 bits per heavy atom. The van der Waals surface area contributed by atoms with Crippen molar-refractivity contribution in [3.8, 4) is 0 Å². The van der Waals surface area contributed by atoms with Gasteiger partial charge in [0, 0.05) is 31.0 Å². The second-order valence-electron chi connectivity index (χ2n) is 8.17. The SMILES string of the molecule is CC(C)c1n[nH]c(C2CN(C(=O)c3ccc(F)cc3F)CC23CCCC3)n1. The Balaban J connectivity index is 1.64. The number of amides is 1. The van der Waals surface area contributed by atoms with Gasteiger partial charge >= 0.3 is 0 Å². The lowest BCUT2D eigenvalue weighted by atomic mass is 9.76. The highest BCUT2D eigenvalue weighted by Gasteiger charge is 2.51. The predicted octanol–water partition coefficient (Wildman–Crippen LogP) is 4.01. The number of carbonyl (C=O) groups excluding carboxylic acids is 1. The van der Waals surface area contributed by atoms with Crippen LogP contribution in [0.1, 0.15) is 73.4 Å². The van der Waals surface area contributed by atoms with E-state index in [-0.39, 0.29) is 28.7 Å². The zero-order valence-electron chi connectivity index (χ0n) is 15.6. The number of hydrogen-bond acceptors (Lipinski definition) is 3. The summed E-state index contributed by atoms with van der Waals surface area (Å²) < 4.78 is 27.3. The summed E-state index contributed by atoms with van der Waals surface area (Å²) in [5.41, 5.74) is -0.120. The van der Waals surface area contributed by atoms with Gasteiger partial charge in [-0.2, -0.15) is 5.10 Å². The Morgan fingerprint density at radius 2 is 2.04 bits per heavy atom. The number of hydrogen-bond donors (Lipinski definition) is 1. The Morgan fingerprint density at radius 1 is 1.30 bits per heavy atom. The number of rotatable bonds is 3. The fraction of sp³-hybridized carbons (Fsp3) is 0.550. The van der Waals surface area contributed by atoms with E-state index in [0.29, 0.717) is 13.1 Å². The molecule has 1 unspecified atom stereocenters. The van der Waals surface area contributed by atoms with E-state index in [2.05, 4.69) is 15.2 Å². The van der Waals surface area contributed by atoms with Crippen LogP contribution in [0.25, 0.3) is 0 Å². The van der Waals surface area contributed by atoms with Crippen LogP contribution in [-0.4, -0.2) is 39.1 Å². The number of nitrogens with zero attached hydrogens (tertiary/aromatic N) is 3. The van der Waals surface area contributed by atoms with Crippen molar-refractivity contribution in [1.82, 2.24) is 20.1 Å². The van der Waals surface area contributed by atoms with E-state index in [9.17, 15) is 13.6 Å². The van der Waals surface area contributed by atoms with Gasteiger partial charge < -0.3 is 4.90 Å². The van der Waals surface area contributed by atoms with Crippen molar-refractivity contribution in [2.75, 3.05) is 13.1 Å². The van der Waals surface area contributed by atoms with Crippen LogP contribution >= 0.6 is 0 Å². The van der Waals surface area contributed by atoms with Gasteiger partial charge in [-0.3, -0.25) is 9.89 Å². The molecule has 1 aliphatic heterocycles. The maximum Gasteiger partial charge on any atom is 0.256 e. The highest BCUT2D eigenvalue weighted by molar-refractivity contribution is 5.94. The van der Waals surface area contributed by atoms with E-state index in [1.807, 2.05) is 13.8 Å². The zero-order valence-corrected chi connectivity index (χ0v) is 15.6. The molecule has 2 aliphatic rings. The fourth-order valence-electron chi connectivity index (χ4n) is 4.62. The predicted molar refractivity (Wildman–Crippen MR) is 96.4 cm³/mol. The van der Waals surface area contributed by atoms with Crippen molar-refractivity contribution in [2.24, 2.45) is 5.41 Å². The molecule has 2 heterocycles. The average Bonchev–Trinajstić information content (AvgIpc) is 3.35. The van der Waals surface area contributed by atoms with Crippen LogP contribution < -0.4 is 0 Å². The average molecular weight is 374 g/mol. The number of aromatic amines is 1. The Labute approximate surface area is 157 Å². The molecule has 1 saturated carbocycles. The molecule has 1 spiro atoms. The van der Waals surface area contributed by atoms with Gasteiger partial charge in [-0.05, 0) is 30.4 Å². The molecule has 4 rings (SSSR count). The van der Waals surface area contributed by atoms with Gasteiger partial charge in [-0.15, -0.1) is 0 Å². The summed E-state index contributed by atoms with van der Waals surface area (Å²) in [5.74, 6) is -0.00791. The van der Waals surface area contributed by atoms with Crippen LogP contribution in [0.2, 0.25) is 0 Å². The highest BCUT2D eigenvalue weighted by atomic mass is 19.1. The van der Waals surface area contributed by atoms with Crippen LogP contribution in [0.15, 0.2) is 18.2 Å². The van der Waals surface area contributed by atoms with Gasteiger partial charge in [0.05, 0.1) is 5.56 Å². The molecule has 27 heavy (non-hydrogen) atoms. The summed E-state index contributed by atoms with van der Waals surface area (Å²) >= 11 is 0. The highest BCUT2D eigenvalue weighted by Crippen LogP contribution is 2.53. The molecule has 1 aromatic heterocycles. The third kappa shape index (κ3) is 3.13. The molecule has 1 aromatic carbocycles. The van der Waals surface area contributed by atoms with E-state index >= 15 is 0 Å². The molecular weight excluding hydrogens is 350 g/mol. The summed E-state index contributed by atoms with van der Waals surface area (Å²) in [6.45, 7) is 5.13. The first-order valence-electron chi connectivity index (χ1n) is 9.56. The van der Waals surface area contributed by atoms with Crippen molar-refractivity contribution in [2.45, 2.75) is 51.4 Å². The summed E-state index contributed by atoms with van der Waals surface area (Å²) in [6, 6.07) is 3.12. The quantitative estimate of drug-likeness (QED) is 0.883. The molecule has 0 bridgehead atoms. The van der Waals surface area contributed by atoms with Crippen molar-refractivity contribution in [3.63, 3.8) is 0 Å². The lowest BCUT2D eigenvalue weighted by Crippen LogP contribution is -2.31. The first-order valence-corrected chi connectivity index (χ1v) is 9.56. The van der Waals surface area contributed by atoms with Gasteiger partial charge in [0.15, 0.2) is 5.82 Å². The molecule has 2 fully saturated rings. The van der Waals surface area contributed by atoms with Crippen LogP contribution in [0, 0.1) is 17.0 Å². The van der Waals surface area contributed by atoms with E-state index in [4.69, 9.17) is 0 Å². The second-order valence-corrected chi connectivity index (χ2v) is 8.17. The number of aromatic nitrogens is 3. The van der Waals surface area contributed by atoms with Crippen molar-refractivity contribution in [3.05, 3.63) is 47.0 Å². The number of H-pyrrole nitrogens is 1. The third-order valence-corrected chi connectivity index (χ3v) is 6.06. The third-order valence-electron chi connectivity index (χ3n) is 6.06. The molecular formula is C20H24F2N4O. The standard InChI is InChI=1S/C20H24F2N4O/c1-12(2)17-23-18(25-24-17)15-10-26(11-20(15)7-3-4-8-20)19(27)14-6-5-13(21)9-16(14)22/h5-6,9,12,15H,3-4,7-8,10-11H2,1-2H3,(H,23,24,25). The lowest BCUT2D eigenvalue weighted by molar-refractivity contribution is 0.0768. The molecule has 1 N–H and O–H groups in total. The van der Waals surface area contributed by atoms with Crippen LogP contribution in [-0.2, 0) is 0 Å². The summed E-state index contributed by atoms with van der Waals surface area (Å²) in [5, 5.41) is 7.40. The number of nitrogens with one attached hydrogen (secondary N) is 1. The fourth-order valence-corrected chi connectivity index (χ4v) is 4.62. The molecule has 1 atom stereocenters. The summed E-state index contributed by atoms with van der Waals surface area (Å²) in [6.07, 6.45) is 4.28. The van der Waals surface area contributed by atoms with Gasteiger partial charge in [0.25, 0.3) is 5.91 Å². The first-order chi connectivity index (χ1) is 12.9. The Bertz CT molecular complexity index is 857. The minimum absolute atomic E-state index is 0.0417. The van der Waals surface area contributed by atoms with E-state index in [1.54, 1.807) is 4.90 Å². The van der Waals surface area contributed by atoms with Crippen molar-refractivity contribution < 1.29 is 13.6 Å². The number of benzene rings is 1. The van der Waals surface area contributed by atoms with Crippen molar-refractivity contribution in [1.29, 1.82) is 0 Å². The number of halogens is 2.